The second-order valence-corrected chi connectivity index (χ2v) is 4.72. The van der Waals surface area contributed by atoms with Crippen LogP contribution in [0.25, 0.3) is 0 Å². The Morgan fingerprint density at radius 3 is 2.68 bits per heavy atom. The lowest BCUT2D eigenvalue weighted by atomic mass is 10.1. The standard InChI is InChI=1S/C15H27N3O/c1-5-15(6-2)18(9-10-19-4)12-14-11-13(16-3)7-8-17-14/h7-8,11,15H,5-6,9-10,12H2,1-4H3,(H,16,17). The van der Waals surface area contributed by atoms with Crippen LogP contribution in [0.2, 0.25) is 0 Å². The number of rotatable bonds is 9. The summed E-state index contributed by atoms with van der Waals surface area (Å²) >= 11 is 0. The first kappa shape index (κ1) is 15.9. The van der Waals surface area contributed by atoms with Crippen LogP contribution in [0.4, 0.5) is 5.69 Å². The molecule has 0 fully saturated rings. The maximum absolute atomic E-state index is 5.22. The van der Waals surface area contributed by atoms with E-state index in [0.717, 1.165) is 43.9 Å². The quantitative estimate of drug-likeness (QED) is 0.745. The molecule has 0 aliphatic heterocycles. The molecule has 4 heteroatoms. The summed E-state index contributed by atoms with van der Waals surface area (Å²) in [7, 11) is 3.69. The van der Waals surface area contributed by atoms with Crippen LogP contribution in [-0.2, 0) is 11.3 Å². The molecule has 1 aromatic rings. The number of ether oxygens (including phenoxy) is 1. The van der Waals surface area contributed by atoms with Crippen LogP contribution in [0.1, 0.15) is 32.4 Å². The minimum absolute atomic E-state index is 0.593. The number of nitrogens with zero attached hydrogens (tertiary/aromatic N) is 2. The first-order chi connectivity index (χ1) is 9.24. The second-order valence-electron chi connectivity index (χ2n) is 4.72. The largest absolute Gasteiger partial charge is 0.388 e. The fourth-order valence-corrected chi connectivity index (χ4v) is 2.33. The van der Waals surface area contributed by atoms with Crippen molar-refractivity contribution in [3.8, 4) is 0 Å². The molecular formula is C15H27N3O. The summed E-state index contributed by atoms with van der Waals surface area (Å²) in [5, 5.41) is 3.16. The summed E-state index contributed by atoms with van der Waals surface area (Å²) in [6, 6.07) is 4.69. The van der Waals surface area contributed by atoms with Gasteiger partial charge in [-0.05, 0) is 25.0 Å². The van der Waals surface area contributed by atoms with Crippen molar-refractivity contribution >= 4 is 5.69 Å². The molecule has 0 bridgehead atoms. The highest BCUT2D eigenvalue weighted by atomic mass is 16.5. The number of nitrogens with one attached hydrogen (secondary N) is 1. The Kier molecular flexibility index (Phi) is 7.45. The lowest BCUT2D eigenvalue weighted by Gasteiger charge is -2.30. The molecule has 0 saturated carbocycles. The molecule has 0 radical (unpaired) electrons. The van der Waals surface area contributed by atoms with E-state index in [2.05, 4.69) is 35.1 Å². The fourth-order valence-electron chi connectivity index (χ4n) is 2.33. The van der Waals surface area contributed by atoms with Gasteiger partial charge in [0.1, 0.15) is 0 Å². The average molecular weight is 265 g/mol. The Morgan fingerprint density at radius 2 is 2.11 bits per heavy atom. The highest BCUT2D eigenvalue weighted by Crippen LogP contribution is 2.14. The Balaban J connectivity index is 2.74. The van der Waals surface area contributed by atoms with Crippen molar-refractivity contribution in [3.05, 3.63) is 24.0 Å². The van der Waals surface area contributed by atoms with Gasteiger partial charge in [0.2, 0.25) is 0 Å². The summed E-state index contributed by atoms with van der Waals surface area (Å²) in [6.07, 6.45) is 4.18. The zero-order valence-electron chi connectivity index (χ0n) is 12.6. The number of anilines is 1. The van der Waals surface area contributed by atoms with Crippen molar-refractivity contribution in [2.24, 2.45) is 0 Å². The first-order valence-corrected chi connectivity index (χ1v) is 7.10. The van der Waals surface area contributed by atoms with E-state index in [1.165, 1.54) is 0 Å². The number of methoxy groups -OCH3 is 1. The number of hydrogen-bond acceptors (Lipinski definition) is 4. The number of hydrogen-bond donors (Lipinski definition) is 1. The van der Waals surface area contributed by atoms with Crippen LogP contribution in [-0.4, -0.2) is 43.2 Å². The molecule has 1 aromatic heterocycles. The van der Waals surface area contributed by atoms with E-state index in [-0.39, 0.29) is 0 Å². The summed E-state index contributed by atoms with van der Waals surface area (Å²) in [5.41, 5.74) is 2.22. The molecule has 0 atom stereocenters. The molecule has 0 saturated heterocycles. The lowest BCUT2D eigenvalue weighted by Crippen LogP contribution is -2.36. The molecule has 1 rings (SSSR count). The molecule has 108 valence electrons. The van der Waals surface area contributed by atoms with Gasteiger partial charge in [-0.3, -0.25) is 9.88 Å². The van der Waals surface area contributed by atoms with Gasteiger partial charge in [0.25, 0.3) is 0 Å². The van der Waals surface area contributed by atoms with Crippen LogP contribution >= 0.6 is 0 Å². The molecule has 1 heterocycles. The van der Waals surface area contributed by atoms with Gasteiger partial charge < -0.3 is 10.1 Å². The second kappa shape index (κ2) is 8.88. The Morgan fingerprint density at radius 1 is 1.37 bits per heavy atom. The third kappa shape index (κ3) is 5.17. The Labute approximate surface area is 117 Å². The van der Waals surface area contributed by atoms with Gasteiger partial charge in [0.05, 0.1) is 12.3 Å². The van der Waals surface area contributed by atoms with E-state index in [1.807, 2.05) is 19.3 Å². The van der Waals surface area contributed by atoms with Gasteiger partial charge in [-0.2, -0.15) is 0 Å². The third-order valence-corrected chi connectivity index (χ3v) is 3.51. The molecule has 0 amide bonds. The van der Waals surface area contributed by atoms with Crippen molar-refractivity contribution in [2.45, 2.75) is 39.3 Å². The first-order valence-electron chi connectivity index (χ1n) is 7.10. The molecular weight excluding hydrogens is 238 g/mol. The summed E-state index contributed by atoms with van der Waals surface area (Å²) in [4.78, 5) is 6.93. The zero-order valence-corrected chi connectivity index (χ0v) is 12.6. The predicted octanol–water partition coefficient (Wildman–Crippen LogP) is 2.76. The Bertz CT molecular complexity index is 353. The van der Waals surface area contributed by atoms with Crippen molar-refractivity contribution < 1.29 is 4.74 Å². The van der Waals surface area contributed by atoms with Crippen LogP contribution in [0, 0.1) is 0 Å². The molecule has 0 unspecified atom stereocenters. The fraction of sp³-hybridized carbons (Fsp3) is 0.667. The minimum Gasteiger partial charge on any atom is -0.388 e. The minimum atomic E-state index is 0.593. The number of pyridine rings is 1. The van der Waals surface area contributed by atoms with E-state index in [1.54, 1.807) is 7.11 Å². The summed E-state index contributed by atoms with van der Waals surface area (Å²) in [6.45, 7) is 7.08. The maximum Gasteiger partial charge on any atom is 0.0589 e. The van der Waals surface area contributed by atoms with Gasteiger partial charge in [-0.1, -0.05) is 13.8 Å². The molecule has 0 aliphatic carbocycles. The lowest BCUT2D eigenvalue weighted by molar-refractivity contribution is 0.109. The van der Waals surface area contributed by atoms with Crippen LogP contribution in [0.15, 0.2) is 18.3 Å². The monoisotopic (exact) mass is 265 g/mol. The normalized spacial score (nSPS) is 11.3. The van der Waals surface area contributed by atoms with E-state index < -0.39 is 0 Å². The zero-order chi connectivity index (χ0) is 14.1. The van der Waals surface area contributed by atoms with Gasteiger partial charge in [0.15, 0.2) is 0 Å². The van der Waals surface area contributed by atoms with E-state index in [4.69, 9.17) is 4.74 Å². The molecule has 4 nitrogen and oxygen atoms in total. The van der Waals surface area contributed by atoms with Crippen molar-refractivity contribution in [2.75, 3.05) is 32.6 Å². The predicted molar refractivity (Wildman–Crippen MR) is 80.4 cm³/mol. The summed E-state index contributed by atoms with van der Waals surface area (Å²) < 4.78 is 5.22. The van der Waals surface area contributed by atoms with Gasteiger partial charge in [0, 0.05) is 45.2 Å². The number of aromatic nitrogens is 1. The van der Waals surface area contributed by atoms with Crippen LogP contribution in [0.3, 0.4) is 0 Å². The van der Waals surface area contributed by atoms with Crippen LogP contribution < -0.4 is 5.32 Å². The molecule has 0 aliphatic rings. The smallest absolute Gasteiger partial charge is 0.0589 e. The highest BCUT2D eigenvalue weighted by Gasteiger charge is 2.15. The maximum atomic E-state index is 5.22. The third-order valence-electron chi connectivity index (χ3n) is 3.51. The van der Waals surface area contributed by atoms with Crippen molar-refractivity contribution in [1.82, 2.24) is 9.88 Å². The topological polar surface area (TPSA) is 37.4 Å². The molecule has 0 spiro atoms. The van der Waals surface area contributed by atoms with Crippen LogP contribution in [0.5, 0.6) is 0 Å². The average Bonchev–Trinajstić information content (AvgIpc) is 2.46. The van der Waals surface area contributed by atoms with Gasteiger partial charge >= 0.3 is 0 Å². The van der Waals surface area contributed by atoms with Crippen molar-refractivity contribution in [1.29, 1.82) is 0 Å². The molecule has 0 aromatic carbocycles. The SMILES string of the molecule is CCC(CC)N(CCOC)Cc1cc(NC)ccn1. The van der Waals surface area contributed by atoms with E-state index in [0.29, 0.717) is 6.04 Å². The molecule has 19 heavy (non-hydrogen) atoms. The van der Waals surface area contributed by atoms with Gasteiger partial charge in [-0.15, -0.1) is 0 Å². The summed E-state index contributed by atoms with van der Waals surface area (Å²) in [5.74, 6) is 0. The van der Waals surface area contributed by atoms with E-state index in [9.17, 15) is 0 Å². The Hall–Kier alpha value is -1.13. The van der Waals surface area contributed by atoms with Gasteiger partial charge in [-0.25, -0.2) is 0 Å². The van der Waals surface area contributed by atoms with Crippen molar-refractivity contribution in [3.63, 3.8) is 0 Å². The van der Waals surface area contributed by atoms with E-state index >= 15 is 0 Å². The molecule has 1 N–H and O–H groups in total. The highest BCUT2D eigenvalue weighted by molar-refractivity contribution is 5.42.